The smallest absolute Gasteiger partial charge is 0.161 e. The van der Waals surface area contributed by atoms with E-state index in [-0.39, 0.29) is 18.3 Å². The average Bonchev–Trinajstić information content (AvgIpc) is 3.28. The molecule has 2 bridgehead atoms. The fourth-order valence-corrected chi connectivity index (χ4v) is 5.15. The first-order valence-corrected chi connectivity index (χ1v) is 10.1. The molecule has 0 aliphatic carbocycles. The van der Waals surface area contributed by atoms with Crippen molar-refractivity contribution in [2.24, 2.45) is 11.8 Å². The maximum atomic E-state index is 9.79. The van der Waals surface area contributed by atoms with Gasteiger partial charge in [0.2, 0.25) is 0 Å². The Morgan fingerprint density at radius 3 is 2.96 bits per heavy atom. The minimum absolute atomic E-state index is 0.0225. The summed E-state index contributed by atoms with van der Waals surface area (Å²) in [7, 11) is 0. The summed E-state index contributed by atoms with van der Waals surface area (Å²) in [6.07, 6.45) is 2.50. The molecule has 1 aromatic carbocycles. The maximum Gasteiger partial charge on any atom is 0.161 e. The van der Waals surface area contributed by atoms with Crippen molar-refractivity contribution in [3.63, 3.8) is 0 Å². The van der Waals surface area contributed by atoms with E-state index in [9.17, 15) is 5.11 Å². The van der Waals surface area contributed by atoms with Crippen molar-refractivity contribution in [3.8, 4) is 11.5 Å². The summed E-state index contributed by atoms with van der Waals surface area (Å²) in [5.74, 6) is 2.33. The zero-order valence-electron chi connectivity index (χ0n) is 16.4. The Morgan fingerprint density at radius 1 is 1.37 bits per heavy atom. The van der Waals surface area contributed by atoms with E-state index in [0.29, 0.717) is 25.0 Å². The molecule has 27 heavy (non-hydrogen) atoms. The summed E-state index contributed by atoms with van der Waals surface area (Å²) in [6.45, 7) is 12.0. The van der Waals surface area contributed by atoms with Gasteiger partial charge in [0.1, 0.15) is 6.61 Å². The van der Waals surface area contributed by atoms with Crippen molar-refractivity contribution in [2.45, 2.75) is 44.9 Å². The molecule has 0 amide bonds. The van der Waals surface area contributed by atoms with E-state index in [2.05, 4.69) is 23.6 Å². The summed E-state index contributed by atoms with van der Waals surface area (Å²) in [6, 6.07) is 6.20. The van der Waals surface area contributed by atoms with E-state index in [1.54, 1.807) is 0 Å². The molecule has 3 fully saturated rings. The second-order valence-corrected chi connectivity index (χ2v) is 8.34. The minimum Gasteiger partial charge on any atom is -0.490 e. The molecule has 0 unspecified atom stereocenters. The SMILES string of the molecule is C=C(C)COc1ccc(CN2C[C@@H]3[C@H](CO)[C@H]4CC[C@]3(C2)O4)cc1OCC. The number of fused-ring (bicyclic) bond motifs is 1. The van der Waals surface area contributed by atoms with E-state index in [0.717, 1.165) is 49.5 Å². The van der Waals surface area contributed by atoms with Gasteiger partial charge in [-0.2, -0.15) is 0 Å². The van der Waals surface area contributed by atoms with E-state index in [1.165, 1.54) is 5.56 Å². The second kappa shape index (κ2) is 7.46. The molecule has 0 saturated carbocycles. The number of ether oxygens (including phenoxy) is 3. The molecular weight excluding hydrogens is 342 g/mol. The molecular formula is C22H31NO4. The Hall–Kier alpha value is -1.56. The van der Waals surface area contributed by atoms with Crippen LogP contribution in [0.2, 0.25) is 0 Å². The molecule has 148 valence electrons. The Kier molecular flexibility index (Phi) is 5.19. The van der Waals surface area contributed by atoms with Crippen LogP contribution in [0, 0.1) is 11.8 Å². The van der Waals surface area contributed by atoms with Crippen LogP contribution in [0.15, 0.2) is 30.4 Å². The number of rotatable bonds is 8. The van der Waals surface area contributed by atoms with Crippen LogP contribution >= 0.6 is 0 Å². The van der Waals surface area contributed by atoms with Crippen molar-refractivity contribution in [1.29, 1.82) is 0 Å². The van der Waals surface area contributed by atoms with Crippen LogP contribution in [0.1, 0.15) is 32.3 Å². The number of aliphatic hydroxyl groups is 1. The first-order valence-electron chi connectivity index (χ1n) is 10.1. The van der Waals surface area contributed by atoms with Gasteiger partial charge >= 0.3 is 0 Å². The largest absolute Gasteiger partial charge is 0.490 e. The quantitative estimate of drug-likeness (QED) is 0.710. The molecule has 5 heteroatoms. The molecule has 1 aromatic rings. The average molecular weight is 373 g/mol. The van der Waals surface area contributed by atoms with Gasteiger partial charge in [-0.1, -0.05) is 12.6 Å². The fraction of sp³-hybridized carbons (Fsp3) is 0.636. The Bertz CT molecular complexity index is 706. The fourth-order valence-electron chi connectivity index (χ4n) is 5.15. The van der Waals surface area contributed by atoms with Crippen molar-refractivity contribution in [2.75, 3.05) is 32.9 Å². The lowest BCUT2D eigenvalue weighted by Crippen LogP contribution is -2.37. The van der Waals surface area contributed by atoms with Gasteiger partial charge in [-0.3, -0.25) is 4.90 Å². The maximum absolute atomic E-state index is 9.79. The van der Waals surface area contributed by atoms with Crippen LogP contribution in [0.5, 0.6) is 11.5 Å². The van der Waals surface area contributed by atoms with Crippen molar-refractivity contribution < 1.29 is 19.3 Å². The summed E-state index contributed by atoms with van der Waals surface area (Å²) in [5.41, 5.74) is 2.18. The number of hydrogen-bond donors (Lipinski definition) is 1. The summed E-state index contributed by atoms with van der Waals surface area (Å²) >= 11 is 0. The normalized spacial score (nSPS) is 31.9. The van der Waals surface area contributed by atoms with Gasteiger partial charge in [-0.05, 0) is 50.0 Å². The van der Waals surface area contributed by atoms with E-state index < -0.39 is 0 Å². The molecule has 4 rings (SSSR count). The zero-order chi connectivity index (χ0) is 19.0. The lowest BCUT2D eigenvalue weighted by Gasteiger charge is -2.28. The molecule has 3 heterocycles. The third kappa shape index (κ3) is 3.48. The molecule has 0 aromatic heterocycles. The first kappa shape index (κ1) is 18.8. The molecule has 1 spiro atoms. The third-order valence-corrected chi connectivity index (χ3v) is 6.25. The Labute approximate surface area is 161 Å². The van der Waals surface area contributed by atoms with E-state index in [4.69, 9.17) is 14.2 Å². The number of nitrogens with zero attached hydrogens (tertiary/aromatic N) is 1. The number of likely N-dealkylation sites (tertiary alicyclic amines) is 1. The molecule has 5 nitrogen and oxygen atoms in total. The summed E-state index contributed by atoms with van der Waals surface area (Å²) < 4.78 is 18.0. The van der Waals surface area contributed by atoms with Crippen LogP contribution in [0.3, 0.4) is 0 Å². The van der Waals surface area contributed by atoms with Crippen LogP contribution in [0.4, 0.5) is 0 Å². The number of aliphatic hydroxyl groups excluding tert-OH is 1. The molecule has 3 aliphatic rings. The number of benzene rings is 1. The van der Waals surface area contributed by atoms with Crippen molar-refractivity contribution >= 4 is 0 Å². The highest BCUT2D eigenvalue weighted by Crippen LogP contribution is 2.54. The predicted molar refractivity (Wildman–Crippen MR) is 104 cm³/mol. The molecule has 1 N–H and O–H groups in total. The molecule has 0 radical (unpaired) electrons. The van der Waals surface area contributed by atoms with Crippen LogP contribution < -0.4 is 9.47 Å². The first-order chi connectivity index (χ1) is 13.0. The summed E-state index contributed by atoms with van der Waals surface area (Å²) in [4.78, 5) is 2.47. The molecule has 3 aliphatic heterocycles. The van der Waals surface area contributed by atoms with E-state index >= 15 is 0 Å². The van der Waals surface area contributed by atoms with Crippen LogP contribution in [0.25, 0.3) is 0 Å². The topological polar surface area (TPSA) is 51.2 Å². The molecule has 3 saturated heterocycles. The number of hydrogen-bond acceptors (Lipinski definition) is 5. The lowest BCUT2D eigenvalue weighted by molar-refractivity contribution is 0.000377. The highest BCUT2D eigenvalue weighted by atomic mass is 16.5. The van der Waals surface area contributed by atoms with Gasteiger partial charge in [0.15, 0.2) is 11.5 Å². The van der Waals surface area contributed by atoms with E-state index in [1.807, 2.05) is 19.9 Å². The minimum atomic E-state index is -0.0225. The van der Waals surface area contributed by atoms with Crippen molar-refractivity contribution in [1.82, 2.24) is 4.90 Å². The van der Waals surface area contributed by atoms with Gasteiger partial charge in [0.05, 0.1) is 18.3 Å². The Morgan fingerprint density at radius 2 is 2.22 bits per heavy atom. The monoisotopic (exact) mass is 373 g/mol. The third-order valence-electron chi connectivity index (χ3n) is 6.25. The van der Waals surface area contributed by atoms with Gasteiger partial charge in [-0.25, -0.2) is 0 Å². The highest BCUT2D eigenvalue weighted by molar-refractivity contribution is 5.43. The van der Waals surface area contributed by atoms with Crippen molar-refractivity contribution in [3.05, 3.63) is 35.9 Å². The van der Waals surface area contributed by atoms with Gasteiger partial charge < -0.3 is 19.3 Å². The predicted octanol–water partition coefficient (Wildman–Crippen LogP) is 3.01. The Balaban J connectivity index is 1.45. The second-order valence-electron chi connectivity index (χ2n) is 8.34. The van der Waals surface area contributed by atoms with Crippen LogP contribution in [-0.4, -0.2) is 54.6 Å². The van der Waals surface area contributed by atoms with Gasteiger partial charge in [0.25, 0.3) is 0 Å². The summed E-state index contributed by atoms with van der Waals surface area (Å²) in [5, 5.41) is 9.79. The van der Waals surface area contributed by atoms with Gasteiger partial charge in [0, 0.05) is 38.1 Å². The zero-order valence-corrected chi connectivity index (χ0v) is 16.4. The van der Waals surface area contributed by atoms with Crippen LogP contribution in [-0.2, 0) is 11.3 Å². The molecule has 4 atom stereocenters. The standard InChI is InChI=1S/C22H31NO4/c1-4-25-21-9-16(5-6-20(21)26-13-15(2)3)10-23-11-18-17(12-24)19-7-8-22(18,14-23)27-19/h5-6,9,17-19,24H,2,4,7-8,10-14H2,1,3H3/t17-,18+,19+,22+/m0/s1. The highest BCUT2D eigenvalue weighted by Gasteiger charge is 2.62. The lowest BCUT2D eigenvalue weighted by atomic mass is 9.74. The van der Waals surface area contributed by atoms with Gasteiger partial charge in [-0.15, -0.1) is 0 Å².